The Morgan fingerprint density at radius 2 is 1.75 bits per heavy atom. The summed E-state index contributed by atoms with van der Waals surface area (Å²) in [6, 6.07) is 1.46. The van der Waals surface area contributed by atoms with E-state index in [-0.39, 0.29) is 0 Å². The Morgan fingerprint density at radius 1 is 1.19 bits per heavy atom. The van der Waals surface area contributed by atoms with Gasteiger partial charge in [-0.2, -0.15) is 0 Å². The van der Waals surface area contributed by atoms with E-state index in [9.17, 15) is 0 Å². The summed E-state index contributed by atoms with van der Waals surface area (Å²) in [4.78, 5) is 2.46. The molecule has 0 spiro atoms. The molecule has 0 radical (unpaired) electrons. The summed E-state index contributed by atoms with van der Waals surface area (Å²) in [6.45, 7) is 11.7. The maximum Gasteiger partial charge on any atom is 0.0210 e. The van der Waals surface area contributed by atoms with Crippen molar-refractivity contribution in [3.8, 4) is 0 Å². The molecule has 1 aliphatic heterocycles. The van der Waals surface area contributed by atoms with Crippen LogP contribution in [0.15, 0.2) is 0 Å². The Hall–Kier alpha value is -0.0800. The molecule has 1 aliphatic rings. The molecule has 0 amide bonds. The molecule has 96 valence electrons. The lowest BCUT2D eigenvalue weighted by molar-refractivity contribution is 0.227. The topological polar surface area (TPSA) is 15.3 Å². The van der Waals surface area contributed by atoms with Crippen molar-refractivity contribution in [3.05, 3.63) is 0 Å². The molecule has 2 unspecified atom stereocenters. The fourth-order valence-electron chi connectivity index (χ4n) is 2.83. The first-order valence-corrected chi connectivity index (χ1v) is 7.00. The van der Waals surface area contributed by atoms with Crippen molar-refractivity contribution in [3.63, 3.8) is 0 Å². The molecule has 1 saturated heterocycles. The molecule has 0 aromatic rings. The molecule has 2 heteroatoms. The van der Waals surface area contributed by atoms with Gasteiger partial charge in [0.1, 0.15) is 0 Å². The van der Waals surface area contributed by atoms with Crippen LogP contribution < -0.4 is 5.32 Å². The zero-order valence-electron chi connectivity index (χ0n) is 11.8. The molecule has 1 N–H and O–H groups in total. The van der Waals surface area contributed by atoms with Gasteiger partial charge in [-0.05, 0) is 45.1 Å². The zero-order valence-corrected chi connectivity index (χ0v) is 11.8. The maximum atomic E-state index is 3.79. The molecule has 2 nitrogen and oxygen atoms in total. The average Bonchev–Trinajstić information content (AvgIpc) is 2.61. The van der Waals surface area contributed by atoms with E-state index >= 15 is 0 Å². The number of likely N-dealkylation sites (tertiary alicyclic amines) is 1. The van der Waals surface area contributed by atoms with Gasteiger partial charge in [0, 0.05) is 25.2 Å². The van der Waals surface area contributed by atoms with Gasteiger partial charge in [-0.25, -0.2) is 0 Å². The minimum Gasteiger partial charge on any atom is -0.312 e. The molecule has 0 aliphatic carbocycles. The van der Waals surface area contributed by atoms with Crippen molar-refractivity contribution in [2.75, 3.05) is 20.1 Å². The highest BCUT2D eigenvalue weighted by molar-refractivity contribution is 4.87. The van der Waals surface area contributed by atoms with Gasteiger partial charge in [-0.15, -0.1) is 0 Å². The van der Waals surface area contributed by atoms with Crippen LogP contribution in [0.4, 0.5) is 0 Å². The second kappa shape index (κ2) is 6.02. The maximum absolute atomic E-state index is 3.79. The van der Waals surface area contributed by atoms with Crippen LogP contribution in [0.25, 0.3) is 0 Å². The molecule has 0 aromatic heterocycles. The quantitative estimate of drug-likeness (QED) is 0.749. The third-order valence-electron chi connectivity index (χ3n) is 4.90. The third-order valence-corrected chi connectivity index (χ3v) is 4.90. The van der Waals surface area contributed by atoms with Crippen LogP contribution in [-0.4, -0.2) is 37.1 Å². The van der Waals surface area contributed by atoms with Crippen LogP contribution in [0, 0.1) is 5.41 Å². The van der Waals surface area contributed by atoms with Crippen LogP contribution in [0.2, 0.25) is 0 Å². The molecule has 0 saturated carbocycles. The van der Waals surface area contributed by atoms with Crippen molar-refractivity contribution < 1.29 is 0 Å². The SMILES string of the molecule is CCC(CC)(CC)CNC1CC(C)N(C)C1. The molecule has 1 fully saturated rings. The monoisotopic (exact) mass is 226 g/mol. The van der Waals surface area contributed by atoms with Crippen LogP contribution in [0.1, 0.15) is 53.4 Å². The van der Waals surface area contributed by atoms with E-state index in [1.54, 1.807) is 0 Å². The summed E-state index contributed by atoms with van der Waals surface area (Å²) in [7, 11) is 2.24. The van der Waals surface area contributed by atoms with E-state index in [0.717, 1.165) is 6.04 Å². The Bertz CT molecular complexity index is 181. The number of nitrogens with one attached hydrogen (secondary N) is 1. The Morgan fingerprint density at radius 3 is 2.12 bits per heavy atom. The third kappa shape index (κ3) is 3.21. The van der Waals surface area contributed by atoms with Crippen molar-refractivity contribution in [2.24, 2.45) is 5.41 Å². The summed E-state index contributed by atoms with van der Waals surface area (Å²) >= 11 is 0. The van der Waals surface area contributed by atoms with Gasteiger partial charge >= 0.3 is 0 Å². The van der Waals surface area contributed by atoms with Gasteiger partial charge in [-0.1, -0.05) is 20.8 Å². The highest BCUT2D eigenvalue weighted by Crippen LogP contribution is 2.29. The normalized spacial score (nSPS) is 27.6. The fourth-order valence-corrected chi connectivity index (χ4v) is 2.83. The predicted molar refractivity (Wildman–Crippen MR) is 71.8 cm³/mol. The number of nitrogens with zero attached hydrogens (tertiary/aromatic N) is 1. The van der Waals surface area contributed by atoms with E-state index < -0.39 is 0 Å². The summed E-state index contributed by atoms with van der Waals surface area (Å²) < 4.78 is 0. The number of likely N-dealkylation sites (N-methyl/N-ethyl adjacent to an activating group) is 1. The number of hydrogen-bond donors (Lipinski definition) is 1. The first-order valence-electron chi connectivity index (χ1n) is 7.00. The van der Waals surface area contributed by atoms with E-state index in [4.69, 9.17) is 0 Å². The molecular formula is C14H30N2. The fraction of sp³-hybridized carbons (Fsp3) is 1.00. The van der Waals surface area contributed by atoms with Gasteiger partial charge in [0.25, 0.3) is 0 Å². The van der Waals surface area contributed by atoms with Crippen molar-refractivity contribution in [2.45, 2.75) is 65.5 Å². The van der Waals surface area contributed by atoms with E-state index in [0.29, 0.717) is 11.5 Å². The molecule has 16 heavy (non-hydrogen) atoms. The number of hydrogen-bond acceptors (Lipinski definition) is 2. The van der Waals surface area contributed by atoms with Crippen LogP contribution in [-0.2, 0) is 0 Å². The van der Waals surface area contributed by atoms with E-state index in [2.05, 4.69) is 45.0 Å². The summed E-state index contributed by atoms with van der Waals surface area (Å²) in [5.74, 6) is 0. The van der Waals surface area contributed by atoms with Gasteiger partial charge < -0.3 is 10.2 Å². The predicted octanol–water partition coefficient (Wildman–Crippen LogP) is 2.89. The van der Waals surface area contributed by atoms with Gasteiger partial charge in [0.15, 0.2) is 0 Å². The Balaban J connectivity index is 2.39. The minimum absolute atomic E-state index is 0.532. The van der Waals surface area contributed by atoms with Gasteiger partial charge in [-0.3, -0.25) is 0 Å². The van der Waals surface area contributed by atoms with Gasteiger partial charge in [0.05, 0.1) is 0 Å². The highest BCUT2D eigenvalue weighted by atomic mass is 15.2. The lowest BCUT2D eigenvalue weighted by Gasteiger charge is -2.32. The Kier molecular flexibility index (Phi) is 5.26. The standard InChI is InChI=1S/C14H30N2/c1-6-14(7-2,8-3)11-15-13-9-12(4)16(5)10-13/h12-13,15H,6-11H2,1-5H3. The van der Waals surface area contributed by atoms with E-state index in [1.165, 1.54) is 38.8 Å². The molecule has 1 rings (SSSR count). The van der Waals surface area contributed by atoms with Crippen LogP contribution in [0.5, 0.6) is 0 Å². The van der Waals surface area contributed by atoms with Crippen molar-refractivity contribution in [1.29, 1.82) is 0 Å². The molecule has 2 atom stereocenters. The molecule has 0 bridgehead atoms. The highest BCUT2D eigenvalue weighted by Gasteiger charge is 2.29. The van der Waals surface area contributed by atoms with E-state index in [1.807, 2.05) is 0 Å². The lowest BCUT2D eigenvalue weighted by atomic mass is 9.79. The van der Waals surface area contributed by atoms with Crippen LogP contribution in [0.3, 0.4) is 0 Å². The number of rotatable bonds is 6. The smallest absolute Gasteiger partial charge is 0.0210 e. The first kappa shape index (κ1) is 14.0. The second-order valence-electron chi connectivity index (χ2n) is 5.66. The average molecular weight is 226 g/mol. The minimum atomic E-state index is 0.532. The van der Waals surface area contributed by atoms with Crippen LogP contribution >= 0.6 is 0 Å². The molecule has 1 heterocycles. The largest absolute Gasteiger partial charge is 0.312 e. The lowest BCUT2D eigenvalue weighted by Crippen LogP contribution is -2.40. The zero-order chi connectivity index (χ0) is 12.2. The summed E-state index contributed by atoms with van der Waals surface area (Å²) in [5, 5.41) is 3.79. The van der Waals surface area contributed by atoms with Crippen molar-refractivity contribution in [1.82, 2.24) is 10.2 Å². The summed E-state index contributed by atoms with van der Waals surface area (Å²) in [6.07, 6.45) is 5.20. The first-order chi connectivity index (χ1) is 7.56. The van der Waals surface area contributed by atoms with Crippen molar-refractivity contribution >= 4 is 0 Å². The van der Waals surface area contributed by atoms with Gasteiger partial charge in [0.2, 0.25) is 0 Å². The summed E-state index contributed by atoms with van der Waals surface area (Å²) in [5.41, 5.74) is 0.532. The second-order valence-corrected chi connectivity index (χ2v) is 5.66. The Labute approximate surface area is 102 Å². The molecular weight excluding hydrogens is 196 g/mol. The molecule has 0 aromatic carbocycles.